The predicted molar refractivity (Wildman–Crippen MR) is 121 cm³/mol. The second-order valence-electron chi connectivity index (χ2n) is 8.63. The molecule has 0 bridgehead atoms. The molecule has 0 spiro atoms. The quantitative estimate of drug-likeness (QED) is 0.732. The van der Waals surface area contributed by atoms with Gasteiger partial charge in [0.2, 0.25) is 0 Å². The van der Waals surface area contributed by atoms with Crippen LogP contribution in [0.5, 0.6) is 5.75 Å². The molecule has 0 radical (unpaired) electrons. The maximum Gasteiger partial charge on any atom is 0.276 e. The lowest BCUT2D eigenvalue weighted by Crippen LogP contribution is -2.48. The smallest absolute Gasteiger partial charge is 0.276 e. The van der Waals surface area contributed by atoms with Crippen LogP contribution in [0.1, 0.15) is 31.9 Å². The van der Waals surface area contributed by atoms with Gasteiger partial charge in [-0.15, -0.1) is 0 Å². The number of carbonyl (C=O) groups is 1. The van der Waals surface area contributed by atoms with Gasteiger partial charge in [-0.3, -0.25) is 9.69 Å². The lowest BCUT2D eigenvalue weighted by atomic mass is 9.89. The summed E-state index contributed by atoms with van der Waals surface area (Å²) in [4.78, 5) is 24.8. The van der Waals surface area contributed by atoms with Gasteiger partial charge in [-0.05, 0) is 29.8 Å². The normalized spacial score (nSPS) is 18.7. The molecule has 0 fully saturated rings. The van der Waals surface area contributed by atoms with E-state index in [1.54, 1.807) is 19.1 Å². The third-order valence-electron chi connectivity index (χ3n) is 5.38. The van der Waals surface area contributed by atoms with Gasteiger partial charge >= 0.3 is 0 Å². The number of methoxy groups -OCH3 is 2. The van der Waals surface area contributed by atoms with E-state index in [0.29, 0.717) is 23.7 Å². The van der Waals surface area contributed by atoms with E-state index in [4.69, 9.17) is 19.5 Å². The molecule has 0 N–H and O–H groups in total. The van der Waals surface area contributed by atoms with Crippen LogP contribution >= 0.6 is 0 Å². The summed E-state index contributed by atoms with van der Waals surface area (Å²) >= 11 is 0. The van der Waals surface area contributed by atoms with Crippen LogP contribution in [0.3, 0.4) is 0 Å². The van der Waals surface area contributed by atoms with E-state index in [-0.39, 0.29) is 5.91 Å². The number of aliphatic imine (C=N–C) groups is 2. The van der Waals surface area contributed by atoms with Crippen molar-refractivity contribution in [3.8, 4) is 5.75 Å². The van der Waals surface area contributed by atoms with Crippen LogP contribution in [0.15, 0.2) is 76.1 Å². The van der Waals surface area contributed by atoms with E-state index in [0.717, 1.165) is 22.6 Å². The number of rotatable bonds is 5. The van der Waals surface area contributed by atoms with Gasteiger partial charge in [-0.2, -0.15) is 0 Å². The Morgan fingerprint density at radius 3 is 2.23 bits per heavy atom. The average Bonchev–Trinajstić information content (AvgIpc) is 3.12. The molecule has 1 amide bonds. The van der Waals surface area contributed by atoms with Crippen molar-refractivity contribution >= 4 is 17.3 Å². The average molecular weight is 418 g/mol. The van der Waals surface area contributed by atoms with Gasteiger partial charge in [0, 0.05) is 24.5 Å². The Balaban J connectivity index is 1.86. The maximum absolute atomic E-state index is 13.4. The van der Waals surface area contributed by atoms with E-state index >= 15 is 0 Å². The summed E-state index contributed by atoms with van der Waals surface area (Å²) in [7, 11) is 3.22. The zero-order chi connectivity index (χ0) is 22.2. The Kier molecular flexibility index (Phi) is 5.50. The molecule has 2 heterocycles. The molecule has 1 atom stereocenters. The van der Waals surface area contributed by atoms with Crippen LogP contribution in [-0.4, -0.2) is 42.7 Å². The van der Waals surface area contributed by atoms with Gasteiger partial charge in [0.05, 0.1) is 18.5 Å². The lowest BCUT2D eigenvalue weighted by Gasteiger charge is -2.33. The Bertz CT molecular complexity index is 1080. The first-order valence-corrected chi connectivity index (χ1v) is 10.3. The fourth-order valence-corrected chi connectivity index (χ4v) is 3.79. The summed E-state index contributed by atoms with van der Waals surface area (Å²) in [5.74, 6) is 1.19. The largest absolute Gasteiger partial charge is 0.497 e. The molecule has 2 aromatic rings. The van der Waals surface area contributed by atoms with Crippen LogP contribution in [0.4, 0.5) is 0 Å². The third-order valence-corrected chi connectivity index (χ3v) is 5.38. The molecular weight excluding hydrogens is 390 g/mol. The van der Waals surface area contributed by atoms with E-state index in [9.17, 15) is 4.79 Å². The highest BCUT2D eigenvalue weighted by Gasteiger charge is 2.45. The first kappa shape index (κ1) is 21.0. The minimum absolute atomic E-state index is 0.138. The van der Waals surface area contributed by atoms with Crippen LogP contribution < -0.4 is 4.74 Å². The van der Waals surface area contributed by atoms with Crippen LogP contribution in [0.25, 0.3) is 0 Å². The van der Waals surface area contributed by atoms with Crippen LogP contribution in [-0.2, 0) is 16.0 Å². The fraction of sp³-hybridized carbons (Fsp3) is 0.320. The summed E-state index contributed by atoms with van der Waals surface area (Å²) in [6, 6.07) is 17.7. The molecule has 1 unspecified atom stereocenters. The van der Waals surface area contributed by atoms with Gasteiger partial charge in [-0.1, -0.05) is 51.1 Å². The Morgan fingerprint density at radius 1 is 0.968 bits per heavy atom. The van der Waals surface area contributed by atoms with Gasteiger partial charge in [0.25, 0.3) is 5.91 Å². The minimum atomic E-state index is -0.654. The highest BCUT2D eigenvalue weighted by molar-refractivity contribution is 6.43. The number of hydrogen-bond acceptors (Lipinski definition) is 5. The van der Waals surface area contributed by atoms with Crippen molar-refractivity contribution in [2.24, 2.45) is 15.4 Å². The second-order valence-corrected chi connectivity index (χ2v) is 8.63. The monoisotopic (exact) mass is 417 g/mol. The summed E-state index contributed by atoms with van der Waals surface area (Å²) in [6.07, 6.45) is -0.0873. The highest BCUT2D eigenvalue weighted by Crippen LogP contribution is 2.36. The minimum Gasteiger partial charge on any atom is -0.497 e. The van der Waals surface area contributed by atoms with E-state index < -0.39 is 11.6 Å². The molecule has 4 rings (SSSR count). The summed E-state index contributed by atoms with van der Waals surface area (Å²) in [5.41, 5.74) is 3.52. The van der Waals surface area contributed by atoms with E-state index in [1.807, 2.05) is 75.4 Å². The predicted octanol–water partition coefficient (Wildman–Crippen LogP) is 4.21. The molecule has 6 nitrogen and oxygen atoms in total. The van der Waals surface area contributed by atoms with Crippen molar-refractivity contribution in [3.63, 3.8) is 0 Å². The summed E-state index contributed by atoms with van der Waals surface area (Å²) in [6.45, 7) is 5.98. The van der Waals surface area contributed by atoms with Crippen LogP contribution in [0.2, 0.25) is 0 Å². The number of benzene rings is 2. The Hall–Kier alpha value is -3.25. The number of nitrogens with zero attached hydrogens (tertiary/aromatic N) is 3. The van der Waals surface area contributed by atoms with Crippen LogP contribution in [0, 0.1) is 5.41 Å². The molecule has 0 saturated carbocycles. The molecule has 6 heteroatoms. The zero-order valence-corrected chi connectivity index (χ0v) is 18.5. The standard InChI is InChI=1S/C25H27N3O3/c1-25(2,3)21-23(29)28-22(27-21)19(15-16-9-7-6-8-10-16)26-20(24(28)31-5)17-11-13-18(30-4)14-12-17/h6-14,24H,15H2,1-5H3. The van der Waals surface area contributed by atoms with E-state index in [1.165, 1.54) is 0 Å². The maximum atomic E-state index is 13.4. The molecule has 31 heavy (non-hydrogen) atoms. The van der Waals surface area contributed by atoms with Crippen molar-refractivity contribution in [3.05, 3.63) is 77.2 Å². The summed E-state index contributed by atoms with van der Waals surface area (Å²) < 4.78 is 11.1. The molecular formula is C25H27N3O3. The number of amides is 1. The third kappa shape index (κ3) is 3.91. The summed E-state index contributed by atoms with van der Waals surface area (Å²) in [5, 5.41) is 0. The van der Waals surface area contributed by atoms with Crippen molar-refractivity contribution in [2.75, 3.05) is 14.2 Å². The SMILES string of the molecule is COc1ccc(C2=NC(Cc3ccccc3)=C3N=C(C(C)(C)C)C(=O)N3C2OC)cc1. The molecule has 0 aliphatic carbocycles. The Labute approximate surface area is 182 Å². The molecule has 0 aromatic heterocycles. The number of ether oxygens (including phenoxy) is 2. The van der Waals surface area contributed by atoms with Crippen molar-refractivity contribution in [1.82, 2.24) is 4.90 Å². The number of allylic oxidation sites excluding steroid dienone is 1. The fourth-order valence-electron chi connectivity index (χ4n) is 3.79. The Morgan fingerprint density at radius 2 is 1.65 bits per heavy atom. The molecule has 2 aliphatic rings. The lowest BCUT2D eigenvalue weighted by molar-refractivity contribution is -0.128. The van der Waals surface area contributed by atoms with E-state index in [2.05, 4.69) is 0 Å². The van der Waals surface area contributed by atoms with Gasteiger partial charge < -0.3 is 9.47 Å². The number of carbonyl (C=O) groups excluding carboxylic acids is 1. The number of hydrogen-bond donors (Lipinski definition) is 0. The molecule has 2 aliphatic heterocycles. The van der Waals surface area contributed by atoms with Crippen molar-refractivity contribution < 1.29 is 14.3 Å². The zero-order valence-electron chi connectivity index (χ0n) is 18.5. The first-order chi connectivity index (χ1) is 14.8. The van der Waals surface area contributed by atoms with Crippen molar-refractivity contribution in [2.45, 2.75) is 33.4 Å². The van der Waals surface area contributed by atoms with Gasteiger partial charge in [-0.25, -0.2) is 9.98 Å². The second kappa shape index (κ2) is 8.12. The molecule has 160 valence electrons. The van der Waals surface area contributed by atoms with Gasteiger partial charge in [0.1, 0.15) is 11.5 Å². The highest BCUT2D eigenvalue weighted by atomic mass is 16.5. The van der Waals surface area contributed by atoms with Gasteiger partial charge in [0.15, 0.2) is 12.0 Å². The number of fused-ring (bicyclic) bond motifs is 1. The molecule has 2 aromatic carbocycles. The topological polar surface area (TPSA) is 63.5 Å². The molecule has 0 saturated heterocycles. The van der Waals surface area contributed by atoms with Crippen molar-refractivity contribution in [1.29, 1.82) is 0 Å². The first-order valence-electron chi connectivity index (χ1n) is 10.3.